The van der Waals surface area contributed by atoms with E-state index < -0.39 is 29.9 Å². The van der Waals surface area contributed by atoms with Gasteiger partial charge < -0.3 is 15.8 Å². The molecule has 10 nitrogen and oxygen atoms in total. The Morgan fingerprint density at radius 1 is 1.15 bits per heavy atom. The number of hydrogen-bond acceptors (Lipinski definition) is 8. The monoisotopic (exact) mass is 482 g/mol. The average molecular weight is 483 g/mol. The fraction of sp³-hybridized carbons (Fsp3) is 0.545. The van der Waals surface area contributed by atoms with E-state index in [4.69, 9.17) is 5.73 Å². The smallest absolute Gasteiger partial charge is 0.359 e. The predicted octanol–water partition coefficient (Wildman–Crippen LogP) is 3.35. The Balaban J connectivity index is 2.91. The summed E-state index contributed by atoms with van der Waals surface area (Å²) in [5, 5.41) is 12.7. The van der Waals surface area contributed by atoms with Crippen LogP contribution in [0, 0.1) is 11.8 Å². The third-order valence-corrected chi connectivity index (χ3v) is 6.02. The van der Waals surface area contributed by atoms with Gasteiger partial charge in [0.15, 0.2) is 0 Å². The minimum absolute atomic E-state index is 0.00190. The number of methoxy groups -OCH3 is 1. The van der Waals surface area contributed by atoms with Crippen molar-refractivity contribution in [2.45, 2.75) is 44.4 Å². The minimum atomic E-state index is -1.17. The van der Waals surface area contributed by atoms with Crippen LogP contribution in [-0.4, -0.2) is 65.6 Å². The summed E-state index contributed by atoms with van der Waals surface area (Å²) >= 11 is 1.42. The number of rotatable bonds is 11. The zero-order chi connectivity index (χ0) is 25.0. The first kappa shape index (κ1) is 28.2. The fourth-order valence-electron chi connectivity index (χ4n) is 2.86. The Hall–Kier alpha value is -2.79. The molecule has 0 aromatic heterocycles. The number of ether oxygens (including phenoxy) is 1. The number of imide groups is 2. The van der Waals surface area contributed by atoms with Crippen LogP contribution in [0.5, 0.6) is 0 Å². The van der Waals surface area contributed by atoms with E-state index in [1.54, 1.807) is 12.1 Å². The summed E-state index contributed by atoms with van der Waals surface area (Å²) in [4.78, 5) is 50.8. The van der Waals surface area contributed by atoms with E-state index in [2.05, 4.69) is 10.1 Å². The quantitative estimate of drug-likeness (QED) is 0.143. The number of benzene rings is 1. The van der Waals surface area contributed by atoms with Gasteiger partial charge in [-0.3, -0.25) is 14.8 Å². The van der Waals surface area contributed by atoms with Crippen molar-refractivity contribution in [2.75, 3.05) is 32.2 Å². The maximum atomic E-state index is 13.0. The molecule has 0 saturated carbocycles. The van der Waals surface area contributed by atoms with Crippen molar-refractivity contribution in [3.05, 3.63) is 24.3 Å². The van der Waals surface area contributed by atoms with Crippen molar-refractivity contribution in [3.8, 4) is 0 Å². The average Bonchev–Trinajstić information content (AvgIpc) is 2.80. The summed E-state index contributed by atoms with van der Waals surface area (Å²) in [6.45, 7) is 3.87. The molecule has 0 fully saturated rings. The van der Waals surface area contributed by atoms with Crippen molar-refractivity contribution in [2.24, 2.45) is 11.8 Å². The third-order valence-electron chi connectivity index (χ3n) is 4.84. The molecule has 0 aliphatic carbocycles. The molecule has 1 atom stereocenters. The van der Waals surface area contributed by atoms with Crippen LogP contribution in [0.15, 0.2) is 29.2 Å². The fourth-order valence-corrected chi connectivity index (χ4v) is 3.89. The van der Waals surface area contributed by atoms with Crippen molar-refractivity contribution in [1.29, 1.82) is 0 Å². The van der Waals surface area contributed by atoms with Gasteiger partial charge in [0.1, 0.15) is 0 Å². The molecule has 0 heterocycles. The number of amides is 5. The minimum Gasteiger partial charge on any atom is -0.469 e. The summed E-state index contributed by atoms with van der Waals surface area (Å²) in [6, 6.07) is 5.21. The highest BCUT2D eigenvalue weighted by Crippen LogP contribution is 2.26. The number of nitrogens with one attached hydrogen (secondary N) is 1. The number of anilines is 1. The second kappa shape index (κ2) is 14.4. The second-order valence-electron chi connectivity index (χ2n) is 7.87. The molecule has 184 valence electrons. The van der Waals surface area contributed by atoms with Gasteiger partial charge in [-0.2, -0.15) is 0 Å². The molecule has 0 aliphatic rings. The Morgan fingerprint density at radius 2 is 1.79 bits per heavy atom. The Bertz CT molecular complexity index is 803. The van der Waals surface area contributed by atoms with Crippen LogP contribution < -0.4 is 11.1 Å². The van der Waals surface area contributed by atoms with E-state index in [-0.39, 0.29) is 24.4 Å². The van der Waals surface area contributed by atoms with Crippen LogP contribution in [0.25, 0.3) is 0 Å². The molecule has 5 amide bonds. The number of carbonyl (C=O) groups is 4. The van der Waals surface area contributed by atoms with Crippen LogP contribution in [0.4, 0.5) is 15.3 Å². The van der Waals surface area contributed by atoms with Gasteiger partial charge in [-0.25, -0.2) is 14.5 Å². The Labute approximate surface area is 198 Å². The maximum Gasteiger partial charge on any atom is 0.359 e. The van der Waals surface area contributed by atoms with E-state index in [1.165, 1.54) is 25.9 Å². The molecule has 11 heteroatoms. The number of nitrogens with two attached hydrogens (primary N) is 1. The van der Waals surface area contributed by atoms with Gasteiger partial charge in [0, 0.05) is 36.3 Å². The maximum absolute atomic E-state index is 13.0. The molecule has 1 aromatic rings. The van der Waals surface area contributed by atoms with Crippen LogP contribution in [0.2, 0.25) is 0 Å². The first-order valence-electron chi connectivity index (χ1n) is 10.7. The molecule has 0 unspecified atom stereocenters. The van der Waals surface area contributed by atoms with Crippen molar-refractivity contribution in [1.82, 2.24) is 15.3 Å². The highest BCUT2D eigenvalue weighted by molar-refractivity contribution is 7.99. The van der Waals surface area contributed by atoms with Crippen LogP contribution in [0.1, 0.15) is 39.5 Å². The molecule has 1 rings (SSSR count). The first-order chi connectivity index (χ1) is 15.6. The van der Waals surface area contributed by atoms with E-state index in [1.807, 2.05) is 26.0 Å². The number of nitrogens with zero attached hydrogens (tertiary/aromatic N) is 2. The van der Waals surface area contributed by atoms with Gasteiger partial charge in [-0.05, 0) is 43.0 Å². The molecule has 0 saturated heterocycles. The highest BCUT2D eigenvalue weighted by atomic mass is 32.2. The van der Waals surface area contributed by atoms with Crippen molar-refractivity contribution >= 4 is 41.4 Å². The van der Waals surface area contributed by atoms with Crippen LogP contribution in [0.3, 0.4) is 0 Å². The number of nitrogen functional groups attached to an aromatic ring is 1. The lowest BCUT2D eigenvalue weighted by Gasteiger charge is -2.26. The molecule has 0 spiro atoms. The van der Waals surface area contributed by atoms with Crippen LogP contribution >= 0.6 is 11.8 Å². The molecule has 33 heavy (non-hydrogen) atoms. The van der Waals surface area contributed by atoms with E-state index in [0.717, 1.165) is 11.3 Å². The molecular formula is C22H34N4O6S. The lowest BCUT2D eigenvalue weighted by molar-refractivity contribution is -0.158. The van der Waals surface area contributed by atoms with E-state index >= 15 is 0 Å². The lowest BCUT2D eigenvalue weighted by atomic mass is 9.98. The largest absolute Gasteiger partial charge is 0.469 e. The zero-order valence-electron chi connectivity index (χ0n) is 19.6. The molecule has 1 aromatic carbocycles. The van der Waals surface area contributed by atoms with Gasteiger partial charge in [0.2, 0.25) is 0 Å². The van der Waals surface area contributed by atoms with Gasteiger partial charge >= 0.3 is 18.0 Å². The molecule has 0 aliphatic heterocycles. The summed E-state index contributed by atoms with van der Waals surface area (Å²) in [7, 11) is 2.55. The van der Waals surface area contributed by atoms with Gasteiger partial charge in [0.25, 0.3) is 5.91 Å². The molecule has 4 N–H and O–H groups in total. The van der Waals surface area contributed by atoms with Gasteiger partial charge in [-0.1, -0.05) is 20.3 Å². The summed E-state index contributed by atoms with van der Waals surface area (Å²) < 4.78 is 4.55. The predicted molar refractivity (Wildman–Crippen MR) is 126 cm³/mol. The molecule has 0 bridgehead atoms. The van der Waals surface area contributed by atoms with Gasteiger partial charge in [-0.15, -0.1) is 16.8 Å². The summed E-state index contributed by atoms with van der Waals surface area (Å²) in [5.74, 6) is -1.27. The molecule has 0 radical (unpaired) electrons. The number of thioether (sulfide) groups is 1. The summed E-state index contributed by atoms with van der Waals surface area (Å²) in [6.07, 6.45) is 1.29. The topological polar surface area (TPSA) is 142 Å². The normalized spacial score (nSPS) is 11.6. The standard InChI is InChI=1S/C22H34N4O6S/c1-15(2)7-8-16(14-33-18-11-9-17(23)10-12-18)20(28)26(31)22(30)25(21(29)24-3)13-5-6-19(27)32-4/h9-12,15-16,31H,5-8,13-14,23H2,1-4H3,(H,24,29)/t16-/m1/s1. The number of hydrogen-bond donors (Lipinski definition) is 3. The van der Waals surface area contributed by atoms with Crippen molar-refractivity contribution in [3.63, 3.8) is 0 Å². The number of hydroxylamine groups is 2. The highest BCUT2D eigenvalue weighted by Gasteiger charge is 2.33. The van der Waals surface area contributed by atoms with E-state index in [0.29, 0.717) is 28.7 Å². The second-order valence-corrected chi connectivity index (χ2v) is 8.96. The zero-order valence-corrected chi connectivity index (χ0v) is 20.4. The summed E-state index contributed by atoms with van der Waals surface area (Å²) in [5.41, 5.74) is 6.33. The van der Waals surface area contributed by atoms with Gasteiger partial charge in [0.05, 0.1) is 13.0 Å². The first-order valence-corrected chi connectivity index (χ1v) is 11.7. The van der Waals surface area contributed by atoms with Crippen molar-refractivity contribution < 1.29 is 29.1 Å². The Kier molecular flexibility index (Phi) is 12.3. The lowest BCUT2D eigenvalue weighted by Crippen LogP contribution is -2.52. The number of carbonyl (C=O) groups excluding carboxylic acids is 4. The Morgan fingerprint density at radius 3 is 2.33 bits per heavy atom. The number of esters is 1. The van der Waals surface area contributed by atoms with E-state index in [9.17, 15) is 24.4 Å². The van der Waals surface area contributed by atoms with Crippen LogP contribution in [-0.2, 0) is 14.3 Å². The third kappa shape index (κ3) is 9.70. The SMILES string of the molecule is CNC(=O)N(CCCC(=O)OC)C(=O)N(O)C(=O)[C@H](CCC(C)C)CSc1ccc(N)cc1. The molecular weight excluding hydrogens is 448 g/mol. The number of urea groups is 2.